The molecule has 2 N–H and O–H groups in total. The highest BCUT2D eigenvalue weighted by atomic mass is 32.1. The normalized spacial score (nSPS) is 11.7. The van der Waals surface area contributed by atoms with Gasteiger partial charge in [0, 0.05) is 10.8 Å². The zero-order chi connectivity index (χ0) is 13.9. The number of rotatable bonds is 0. The molecule has 20 heavy (non-hydrogen) atoms. The second-order valence-electron chi connectivity index (χ2n) is 4.65. The zero-order valence-corrected chi connectivity index (χ0v) is 11.3. The highest BCUT2D eigenvalue weighted by molar-refractivity contribution is 7.25. The SMILES string of the molecule is Cc1c2ccccc2nc2sc3c(=O)[nH]c(=O)[nH]c3c12. The average Bonchev–Trinajstić information content (AvgIpc) is 2.78. The lowest BCUT2D eigenvalue weighted by Crippen LogP contribution is -2.20. The van der Waals surface area contributed by atoms with Crippen LogP contribution in [0.25, 0.3) is 31.3 Å². The van der Waals surface area contributed by atoms with Gasteiger partial charge < -0.3 is 4.98 Å². The van der Waals surface area contributed by atoms with Gasteiger partial charge in [-0.1, -0.05) is 18.2 Å². The number of nitrogens with zero attached hydrogens (tertiary/aromatic N) is 1. The van der Waals surface area contributed by atoms with Crippen LogP contribution in [-0.2, 0) is 0 Å². The number of fused-ring (bicyclic) bond motifs is 4. The fourth-order valence-electron chi connectivity index (χ4n) is 2.56. The van der Waals surface area contributed by atoms with E-state index in [1.54, 1.807) is 0 Å². The van der Waals surface area contributed by atoms with Crippen LogP contribution in [0.4, 0.5) is 0 Å². The molecular weight excluding hydrogens is 274 g/mol. The minimum atomic E-state index is -0.491. The van der Waals surface area contributed by atoms with Crippen molar-refractivity contribution in [2.75, 3.05) is 0 Å². The number of benzene rings is 1. The van der Waals surface area contributed by atoms with Crippen molar-refractivity contribution in [2.24, 2.45) is 0 Å². The Morgan fingerprint density at radius 3 is 2.80 bits per heavy atom. The molecule has 0 saturated carbocycles. The first-order valence-corrected chi connectivity index (χ1v) is 6.91. The number of hydrogen-bond donors (Lipinski definition) is 2. The molecule has 0 radical (unpaired) electrons. The van der Waals surface area contributed by atoms with E-state index in [1.165, 1.54) is 11.3 Å². The van der Waals surface area contributed by atoms with Crippen molar-refractivity contribution < 1.29 is 0 Å². The molecule has 0 unspecified atom stereocenters. The van der Waals surface area contributed by atoms with Crippen LogP contribution in [0.15, 0.2) is 33.9 Å². The molecule has 0 amide bonds. The first kappa shape index (κ1) is 11.4. The predicted molar refractivity (Wildman–Crippen MR) is 80.6 cm³/mol. The summed E-state index contributed by atoms with van der Waals surface area (Å²) < 4.78 is 0.505. The van der Waals surface area contributed by atoms with Crippen LogP contribution in [0.5, 0.6) is 0 Å². The summed E-state index contributed by atoms with van der Waals surface area (Å²) in [7, 11) is 0. The van der Waals surface area contributed by atoms with Gasteiger partial charge in [0.1, 0.15) is 9.53 Å². The summed E-state index contributed by atoms with van der Waals surface area (Å²) in [6, 6.07) is 7.82. The van der Waals surface area contributed by atoms with Gasteiger partial charge in [0.05, 0.1) is 11.0 Å². The van der Waals surface area contributed by atoms with Crippen molar-refractivity contribution >= 4 is 42.7 Å². The molecular formula is C14H9N3O2S. The van der Waals surface area contributed by atoms with Crippen LogP contribution < -0.4 is 11.2 Å². The van der Waals surface area contributed by atoms with Crippen LogP contribution >= 0.6 is 11.3 Å². The third-order valence-corrected chi connectivity index (χ3v) is 4.55. The van der Waals surface area contributed by atoms with Gasteiger partial charge in [-0.2, -0.15) is 0 Å². The summed E-state index contributed by atoms with van der Waals surface area (Å²) in [5, 5.41) is 1.88. The summed E-state index contributed by atoms with van der Waals surface area (Å²) in [6.45, 7) is 1.98. The second-order valence-corrected chi connectivity index (χ2v) is 5.65. The third-order valence-electron chi connectivity index (χ3n) is 3.47. The molecule has 0 spiro atoms. The highest BCUT2D eigenvalue weighted by Crippen LogP contribution is 2.34. The molecule has 4 aromatic rings. The van der Waals surface area contributed by atoms with Gasteiger partial charge in [-0.15, -0.1) is 11.3 Å². The fourth-order valence-corrected chi connectivity index (χ4v) is 3.66. The van der Waals surface area contributed by atoms with Crippen molar-refractivity contribution in [3.63, 3.8) is 0 Å². The number of pyridine rings is 1. The van der Waals surface area contributed by atoms with Crippen LogP contribution in [0.3, 0.4) is 0 Å². The number of H-pyrrole nitrogens is 2. The van der Waals surface area contributed by atoms with Crippen LogP contribution in [-0.4, -0.2) is 15.0 Å². The number of aromatic amines is 2. The largest absolute Gasteiger partial charge is 0.326 e. The Morgan fingerprint density at radius 2 is 1.95 bits per heavy atom. The molecule has 0 atom stereocenters. The van der Waals surface area contributed by atoms with E-state index >= 15 is 0 Å². The standard InChI is InChI=1S/C14H9N3O2S/c1-6-7-4-2-3-5-8(7)15-13-9(6)10-11(20-13)12(18)17-14(19)16-10/h2-5H,1H3,(H2,16,17,18,19). The fraction of sp³-hybridized carbons (Fsp3) is 0.0714. The Kier molecular flexibility index (Phi) is 2.14. The number of hydrogen-bond acceptors (Lipinski definition) is 4. The van der Waals surface area contributed by atoms with Crippen molar-refractivity contribution in [1.82, 2.24) is 15.0 Å². The van der Waals surface area contributed by atoms with Gasteiger partial charge >= 0.3 is 5.69 Å². The molecule has 0 bridgehead atoms. The molecule has 3 heterocycles. The zero-order valence-electron chi connectivity index (χ0n) is 10.5. The average molecular weight is 283 g/mol. The molecule has 6 heteroatoms. The minimum Gasteiger partial charge on any atom is -0.305 e. The van der Waals surface area contributed by atoms with Gasteiger partial charge in [-0.25, -0.2) is 9.78 Å². The monoisotopic (exact) mass is 283 g/mol. The summed E-state index contributed by atoms with van der Waals surface area (Å²) in [5.74, 6) is 0. The molecule has 0 aliphatic rings. The van der Waals surface area contributed by atoms with Crippen molar-refractivity contribution in [2.45, 2.75) is 6.92 Å². The Hall–Kier alpha value is -2.47. The van der Waals surface area contributed by atoms with Gasteiger partial charge in [0.2, 0.25) is 0 Å². The van der Waals surface area contributed by atoms with Crippen LogP contribution in [0.1, 0.15) is 5.56 Å². The maximum Gasteiger partial charge on any atom is 0.326 e. The second kappa shape index (κ2) is 3.77. The van der Waals surface area contributed by atoms with E-state index in [0.29, 0.717) is 10.2 Å². The van der Waals surface area contributed by atoms with Crippen molar-refractivity contribution in [1.29, 1.82) is 0 Å². The van der Waals surface area contributed by atoms with E-state index in [9.17, 15) is 9.59 Å². The van der Waals surface area contributed by atoms with Gasteiger partial charge in [-0.3, -0.25) is 9.78 Å². The topological polar surface area (TPSA) is 78.6 Å². The Morgan fingerprint density at radius 1 is 1.15 bits per heavy atom. The first-order chi connectivity index (χ1) is 9.65. The van der Waals surface area contributed by atoms with Crippen LogP contribution in [0.2, 0.25) is 0 Å². The van der Waals surface area contributed by atoms with E-state index in [1.807, 2.05) is 31.2 Å². The van der Waals surface area contributed by atoms with Gasteiger partial charge in [-0.05, 0) is 18.6 Å². The molecule has 5 nitrogen and oxygen atoms in total. The molecule has 0 saturated heterocycles. The Bertz CT molecular complexity index is 1100. The van der Waals surface area contributed by atoms with Crippen LogP contribution in [0, 0.1) is 6.92 Å². The number of aromatic nitrogens is 3. The van der Waals surface area contributed by atoms with E-state index < -0.39 is 5.69 Å². The lowest BCUT2D eigenvalue weighted by atomic mass is 10.1. The van der Waals surface area contributed by atoms with E-state index in [2.05, 4.69) is 15.0 Å². The maximum absolute atomic E-state index is 11.9. The molecule has 0 aliphatic heterocycles. The van der Waals surface area contributed by atoms with Gasteiger partial charge in [0.25, 0.3) is 5.56 Å². The minimum absolute atomic E-state index is 0.366. The van der Waals surface area contributed by atoms with Crippen molar-refractivity contribution in [3.8, 4) is 0 Å². The van der Waals surface area contributed by atoms with Gasteiger partial charge in [0.15, 0.2) is 0 Å². The number of para-hydroxylation sites is 1. The summed E-state index contributed by atoms with van der Waals surface area (Å²) >= 11 is 1.30. The number of aryl methyl sites for hydroxylation is 1. The number of thiophene rings is 1. The summed E-state index contributed by atoms with van der Waals surface area (Å²) in [4.78, 5) is 33.7. The predicted octanol–water partition coefficient (Wildman–Crippen LogP) is 2.29. The Labute approximate surface area is 115 Å². The smallest absolute Gasteiger partial charge is 0.305 e. The molecule has 1 aromatic carbocycles. The summed E-state index contributed by atoms with van der Waals surface area (Å²) in [6.07, 6.45) is 0. The van der Waals surface area contributed by atoms with E-state index in [0.717, 1.165) is 26.7 Å². The van der Waals surface area contributed by atoms with Crippen molar-refractivity contribution in [3.05, 3.63) is 50.7 Å². The first-order valence-electron chi connectivity index (χ1n) is 6.09. The molecule has 4 rings (SSSR count). The molecule has 98 valence electrons. The lowest BCUT2D eigenvalue weighted by molar-refractivity contribution is 1.09. The Balaban J connectivity index is 2.39. The third kappa shape index (κ3) is 1.39. The van der Waals surface area contributed by atoms with E-state index in [4.69, 9.17) is 0 Å². The lowest BCUT2D eigenvalue weighted by Gasteiger charge is -2.03. The summed E-state index contributed by atoms with van der Waals surface area (Å²) in [5.41, 5.74) is 1.64. The molecule has 0 aliphatic carbocycles. The quantitative estimate of drug-likeness (QED) is 0.519. The maximum atomic E-state index is 11.9. The van der Waals surface area contributed by atoms with E-state index in [-0.39, 0.29) is 5.56 Å². The highest BCUT2D eigenvalue weighted by Gasteiger charge is 2.14. The number of nitrogens with one attached hydrogen (secondary N) is 2. The molecule has 0 fully saturated rings. The molecule has 3 aromatic heterocycles.